The maximum atomic E-state index is 12.6. The van der Waals surface area contributed by atoms with Crippen molar-refractivity contribution in [2.75, 3.05) is 26.8 Å². The van der Waals surface area contributed by atoms with Crippen molar-refractivity contribution >= 4 is 11.8 Å². The summed E-state index contributed by atoms with van der Waals surface area (Å²) in [4.78, 5) is 30.6. The molecule has 2 aliphatic heterocycles. The molecule has 30 heavy (non-hydrogen) atoms. The largest absolute Gasteiger partial charge is 0.497 e. The summed E-state index contributed by atoms with van der Waals surface area (Å²) in [5, 5.41) is 2.96. The Labute approximate surface area is 176 Å². The van der Waals surface area contributed by atoms with Gasteiger partial charge in [0.1, 0.15) is 11.4 Å². The lowest BCUT2D eigenvalue weighted by atomic mass is 9.85. The number of rotatable bonds is 7. The zero-order chi connectivity index (χ0) is 21.0. The normalized spacial score (nSPS) is 19.4. The number of amides is 2. The maximum Gasteiger partial charge on any atom is 0.227 e. The first-order chi connectivity index (χ1) is 14.5. The van der Waals surface area contributed by atoms with Crippen LogP contribution in [0.25, 0.3) is 0 Å². The highest BCUT2D eigenvalue weighted by molar-refractivity contribution is 5.80. The molecule has 0 bridgehead atoms. The van der Waals surface area contributed by atoms with Gasteiger partial charge in [-0.2, -0.15) is 0 Å². The second kappa shape index (κ2) is 8.83. The van der Waals surface area contributed by atoms with E-state index < -0.39 is 0 Å². The highest BCUT2D eigenvalue weighted by atomic mass is 16.5. The van der Waals surface area contributed by atoms with Gasteiger partial charge < -0.3 is 19.7 Å². The van der Waals surface area contributed by atoms with Crippen LogP contribution >= 0.6 is 0 Å². The number of aromatic nitrogens is 1. The van der Waals surface area contributed by atoms with Crippen molar-refractivity contribution in [2.45, 2.75) is 31.4 Å². The number of pyridine rings is 1. The summed E-state index contributed by atoms with van der Waals surface area (Å²) in [6.45, 7) is 2.28. The van der Waals surface area contributed by atoms with E-state index in [1.807, 2.05) is 41.3 Å². The van der Waals surface area contributed by atoms with Crippen molar-refractivity contribution in [3.05, 3.63) is 59.9 Å². The van der Waals surface area contributed by atoms with Crippen LogP contribution < -0.4 is 10.1 Å². The van der Waals surface area contributed by atoms with E-state index in [0.29, 0.717) is 39.1 Å². The molecule has 0 aliphatic carbocycles. The molecule has 7 nitrogen and oxygen atoms in total. The lowest BCUT2D eigenvalue weighted by Gasteiger charge is -2.47. The molecule has 7 heteroatoms. The Kier molecular flexibility index (Phi) is 5.99. The van der Waals surface area contributed by atoms with Crippen molar-refractivity contribution in [2.24, 2.45) is 5.92 Å². The quantitative estimate of drug-likeness (QED) is 0.756. The average Bonchev–Trinajstić information content (AvgIpc) is 3.16. The van der Waals surface area contributed by atoms with E-state index in [4.69, 9.17) is 9.47 Å². The topological polar surface area (TPSA) is 80.8 Å². The number of hydrogen-bond donors (Lipinski definition) is 1. The van der Waals surface area contributed by atoms with Gasteiger partial charge in [-0.3, -0.25) is 14.6 Å². The Morgan fingerprint density at radius 3 is 2.80 bits per heavy atom. The fourth-order valence-corrected chi connectivity index (χ4v) is 4.22. The summed E-state index contributed by atoms with van der Waals surface area (Å²) in [5.41, 5.74) is 1.69. The van der Waals surface area contributed by atoms with Gasteiger partial charge in [-0.1, -0.05) is 12.1 Å². The molecule has 2 aliphatic rings. The number of carbonyl (C=O) groups is 2. The zero-order valence-corrected chi connectivity index (χ0v) is 17.2. The fourth-order valence-electron chi connectivity index (χ4n) is 4.22. The minimum absolute atomic E-state index is 0.0303. The van der Waals surface area contributed by atoms with Gasteiger partial charge in [0.05, 0.1) is 33.2 Å². The molecule has 0 radical (unpaired) electrons. The van der Waals surface area contributed by atoms with E-state index in [2.05, 4.69) is 10.3 Å². The van der Waals surface area contributed by atoms with Crippen LogP contribution in [0.3, 0.4) is 0 Å². The Morgan fingerprint density at radius 1 is 1.23 bits per heavy atom. The molecule has 1 aromatic heterocycles. The van der Waals surface area contributed by atoms with Crippen molar-refractivity contribution in [1.82, 2.24) is 15.2 Å². The highest BCUT2D eigenvalue weighted by Gasteiger charge is 2.51. The van der Waals surface area contributed by atoms with E-state index in [1.165, 1.54) is 0 Å². The summed E-state index contributed by atoms with van der Waals surface area (Å²) >= 11 is 0. The lowest BCUT2D eigenvalue weighted by molar-refractivity contribution is -0.157. The maximum absolute atomic E-state index is 12.6. The molecule has 3 heterocycles. The minimum Gasteiger partial charge on any atom is -0.497 e. The van der Waals surface area contributed by atoms with Crippen molar-refractivity contribution < 1.29 is 19.1 Å². The van der Waals surface area contributed by atoms with Gasteiger partial charge >= 0.3 is 0 Å². The second-order valence-electron chi connectivity index (χ2n) is 8.18. The fraction of sp³-hybridized carbons (Fsp3) is 0.435. The van der Waals surface area contributed by atoms with Crippen LogP contribution in [0, 0.1) is 5.92 Å². The second-order valence-corrected chi connectivity index (χ2v) is 8.18. The summed E-state index contributed by atoms with van der Waals surface area (Å²) in [5.74, 6) is 1.07. The molecule has 2 amide bonds. The Morgan fingerprint density at radius 2 is 2.03 bits per heavy atom. The molecular formula is C23H27N3O4. The first kappa shape index (κ1) is 20.3. The molecule has 1 N–H and O–H groups in total. The first-order valence-corrected chi connectivity index (χ1v) is 10.3. The zero-order valence-electron chi connectivity index (χ0n) is 17.2. The lowest BCUT2D eigenvalue weighted by Crippen LogP contribution is -2.63. The van der Waals surface area contributed by atoms with E-state index in [1.54, 1.807) is 19.5 Å². The molecule has 0 saturated carbocycles. The number of likely N-dealkylation sites (tertiary alicyclic amines) is 1. The van der Waals surface area contributed by atoms with Crippen molar-refractivity contribution in [3.63, 3.8) is 0 Å². The standard InChI is InChI=1S/C23H27N3O4/c1-29-20-4-2-3-18(9-20)11-22(28)26-15-23(16-26)12-19(14-30-23)10-21(27)25-13-17-5-7-24-8-6-17/h2-9,19H,10-16H2,1H3,(H,25,27). The third kappa shape index (κ3) is 4.79. The Hall–Kier alpha value is -2.93. The molecule has 1 atom stereocenters. The highest BCUT2D eigenvalue weighted by Crippen LogP contribution is 2.39. The smallest absolute Gasteiger partial charge is 0.227 e. The van der Waals surface area contributed by atoms with Gasteiger partial charge in [0.15, 0.2) is 0 Å². The molecule has 1 aromatic carbocycles. The molecule has 158 valence electrons. The monoisotopic (exact) mass is 409 g/mol. The van der Waals surface area contributed by atoms with Crippen LogP contribution in [0.15, 0.2) is 48.8 Å². The van der Waals surface area contributed by atoms with Crippen LogP contribution in [0.2, 0.25) is 0 Å². The SMILES string of the molecule is COc1cccc(CC(=O)N2CC3(CC(CC(=O)NCc4ccncc4)CO3)C2)c1. The first-order valence-electron chi connectivity index (χ1n) is 10.3. The number of benzene rings is 1. The predicted molar refractivity (Wildman–Crippen MR) is 111 cm³/mol. The summed E-state index contributed by atoms with van der Waals surface area (Å²) in [6.07, 6.45) is 5.05. The van der Waals surface area contributed by atoms with Gasteiger partial charge in [-0.15, -0.1) is 0 Å². The number of nitrogens with one attached hydrogen (secondary N) is 1. The van der Waals surface area contributed by atoms with Crippen LogP contribution in [-0.4, -0.2) is 54.1 Å². The number of nitrogens with zero attached hydrogens (tertiary/aromatic N) is 2. The number of methoxy groups -OCH3 is 1. The molecule has 2 fully saturated rings. The van der Waals surface area contributed by atoms with E-state index in [-0.39, 0.29) is 23.3 Å². The van der Waals surface area contributed by atoms with E-state index in [9.17, 15) is 9.59 Å². The van der Waals surface area contributed by atoms with Crippen LogP contribution in [-0.2, 0) is 27.3 Å². The van der Waals surface area contributed by atoms with Crippen LogP contribution in [0.5, 0.6) is 5.75 Å². The molecule has 2 saturated heterocycles. The molecular weight excluding hydrogens is 382 g/mol. The Bertz CT molecular complexity index is 896. The molecule has 2 aromatic rings. The number of ether oxygens (including phenoxy) is 2. The molecule has 1 spiro atoms. The summed E-state index contributed by atoms with van der Waals surface area (Å²) < 4.78 is 11.2. The average molecular weight is 409 g/mol. The van der Waals surface area contributed by atoms with Gasteiger partial charge in [-0.05, 0) is 47.7 Å². The number of carbonyl (C=O) groups excluding carboxylic acids is 2. The van der Waals surface area contributed by atoms with E-state index in [0.717, 1.165) is 23.3 Å². The van der Waals surface area contributed by atoms with Crippen molar-refractivity contribution in [1.29, 1.82) is 0 Å². The van der Waals surface area contributed by atoms with Gasteiger partial charge in [0.25, 0.3) is 0 Å². The van der Waals surface area contributed by atoms with Crippen LogP contribution in [0.1, 0.15) is 24.0 Å². The van der Waals surface area contributed by atoms with Crippen molar-refractivity contribution in [3.8, 4) is 5.75 Å². The molecule has 1 unspecified atom stereocenters. The summed E-state index contributed by atoms with van der Waals surface area (Å²) in [7, 11) is 1.62. The van der Waals surface area contributed by atoms with Gasteiger partial charge in [0.2, 0.25) is 11.8 Å². The third-order valence-electron chi connectivity index (χ3n) is 5.80. The predicted octanol–water partition coefficient (Wildman–Crippen LogP) is 1.96. The van der Waals surface area contributed by atoms with Gasteiger partial charge in [0, 0.05) is 25.4 Å². The van der Waals surface area contributed by atoms with Gasteiger partial charge in [-0.25, -0.2) is 0 Å². The van der Waals surface area contributed by atoms with E-state index >= 15 is 0 Å². The summed E-state index contributed by atoms with van der Waals surface area (Å²) in [6, 6.07) is 11.4. The van der Waals surface area contributed by atoms with Crippen LogP contribution in [0.4, 0.5) is 0 Å². The molecule has 4 rings (SSSR count). The number of hydrogen-bond acceptors (Lipinski definition) is 5. The Balaban J connectivity index is 1.20. The third-order valence-corrected chi connectivity index (χ3v) is 5.80. The minimum atomic E-state index is -0.278.